The minimum atomic E-state index is -0.178. The first-order valence-electron chi connectivity index (χ1n) is 11.6. The molecule has 3 aromatic carbocycles. The van der Waals surface area contributed by atoms with Gasteiger partial charge in [0, 0.05) is 22.1 Å². The number of hydrogen-bond acceptors (Lipinski definition) is 4. The molecule has 0 fully saturated rings. The zero-order valence-corrected chi connectivity index (χ0v) is 23.0. The third kappa shape index (κ3) is 9.34. The summed E-state index contributed by atoms with van der Waals surface area (Å²) in [5.74, 6) is -0.0298. The van der Waals surface area contributed by atoms with Gasteiger partial charge in [-0.05, 0) is 60.6 Å². The fourth-order valence-corrected chi connectivity index (χ4v) is 3.18. The van der Waals surface area contributed by atoms with Gasteiger partial charge in [0.15, 0.2) is 11.5 Å². The minimum Gasteiger partial charge on any atom is -0.504 e. The van der Waals surface area contributed by atoms with Crippen molar-refractivity contribution >= 4 is 22.8 Å². The third-order valence-corrected chi connectivity index (χ3v) is 5.39. The van der Waals surface area contributed by atoms with Gasteiger partial charge in [-0.25, -0.2) is 0 Å². The van der Waals surface area contributed by atoms with Crippen molar-refractivity contribution < 1.29 is 26.7 Å². The number of benzene rings is 3. The van der Waals surface area contributed by atoms with Crippen LogP contribution in [0.3, 0.4) is 0 Å². The molecule has 0 aromatic heterocycles. The second-order valence-electron chi connectivity index (χ2n) is 10.5. The summed E-state index contributed by atoms with van der Waals surface area (Å²) in [4.78, 5) is 9.08. The summed E-state index contributed by atoms with van der Waals surface area (Å²) in [5, 5.41) is 19.6. The monoisotopic (exact) mass is 516 g/mol. The molecule has 0 saturated heterocycles. The van der Waals surface area contributed by atoms with E-state index < -0.39 is 0 Å². The van der Waals surface area contributed by atoms with Crippen molar-refractivity contribution in [2.24, 2.45) is 9.98 Å². The quantitative estimate of drug-likeness (QED) is 0.209. The second-order valence-corrected chi connectivity index (χ2v) is 10.5. The molecule has 0 radical (unpaired) electrons. The van der Waals surface area contributed by atoms with E-state index >= 15 is 0 Å². The number of nitrogens with zero attached hydrogens (tertiary/aromatic N) is 2. The number of hydrogen-bond donors (Lipinski definition) is 2. The van der Waals surface area contributed by atoms with Crippen molar-refractivity contribution in [1.82, 2.24) is 0 Å². The topological polar surface area (TPSA) is 65.2 Å². The van der Waals surface area contributed by atoms with E-state index in [0.717, 1.165) is 33.9 Å². The molecule has 0 heterocycles. The van der Waals surface area contributed by atoms with E-state index in [2.05, 4.69) is 30.8 Å². The second kappa shape index (κ2) is 12.7. The van der Waals surface area contributed by atoms with Crippen molar-refractivity contribution in [1.29, 1.82) is 0 Å². The van der Waals surface area contributed by atoms with Crippen LogP contribution in [-0.4, -0.2) is 21.6 Å². The van der Waals surface area contributed by atoms with Crippen LogP contribution in [-0.2, 0) is 27.3 Å². The predicted octanol–water partition coefficient (Wildman–Crippen LogP) is 8.26. The Bertz CT molecular complexity index is 1090. The summed E-state index contributed by atoms with van der Waals surface area (Å²) < 4.78 is 0. The van der Waals surface area contributed by atoms with Gasteiger partial charge in [-0.1, -0.05) is 84.0 Å². The van der Waals surface area contributed by atoms with E-state index in [9.17, 15) is 10.2 Å². The van der Waals surface area contributed by atoms with E-state index in [1.807, 2.05) is 101 Å². The molecule has 0 bridgehead atoms. The van der Waals surface area contributed by atoms with E-state index in [1.165, 1.54) is 0 Å². The predicted molar refractivity (Wildman–Crippen MR) is 146 cm³/mol. The summed E-state index contributed by atoms with van der Waals surface area (Å²) in [5.41, 5.74) is 5.39. The molecule has 0 spiro atoms. The van der Waals surface area contributed by atoms with Gasteiger partial charge in [0.05, 0.1) is 22.8 Å². The van der Waals surface area contributed by atoms with Gasteiger partial charge in [0.1, 0.15) is 0 Å². The Morgan fingerprint density at radius 3 is 1.37 bits per heavy atom. The van der Waals surface area contributed by atoms with Gasteiger partial charge in [-0.15, -0.1) is 0 Å². The SMILES string of the molecule is CC(=Nc1ccccc1)C(C)=Nc1ccccc1.CC(C)(C)c1cc(O)c(O)c(C(C)(C)C)c1.[Ni]. The summed E-state index contributed by atoms with van der Waals surface area (Å²) in [6.45, 7) is 16.3. The van der Waals surface area contributed by atoms with Crippen LogP contribution in [0.1, 0.15) is 66.5 Å². The fraction of sp³-hybridized carbons (Fsp3) is 0.333. The molecule has 2 N–H and O–H groups in total. The number of phenolic OH excluding ortho intramolecular Hbond substituents is 2. The maximum Gasteiger partial charge on any atom is 0.161 e. The van der Waals surface area contributed by atoms with Gasteiger partial charge >= 0.3 is 0 Å². The third-order valence-electron chi connectivity index (χ3n) is 5.39. The summed E-state index contributed by atoms with van der Waals surface area (Å²) in [6.07, 6.45) is 0. The molecular weight excluding hydrogens is 479 g/mol. The molecule has 0 saturated carbocycles. The molecule has 0 amide bonds. The van der Waals surface area contributed by atoms with Gasteiger partial charge in [-0.2, -0.15) is 0 Å². The number of aliphatic imine (C=N–C) groups is 2. The number of aromatic hydroxyl groups is 2. The van der Waals surface area contributed by atoms with Crippen LogP contribution in [0, 0.1) is 0 Å². The van der Waals surface area contributed by atoms with Crippen molar-refractivity contribution in [3.8, 4) is 11.5 Å². The molecule has 3 aromatic rings. The van der Waals surface area contributed by atoms with Crippen LogP contribution < -0.4 is 0 Å². The summed E-state index contributed by atoms with van der Waals surface area (Å²) in [6, 6.07) is 23.5. The van der Waals surface area contributed by atoms with Crippen molar-refractivity contribution in [3.05, 3.63) is 83.9 Å². The maximum atomic E-state index is 9.87. The summed E-state index contributed by atoms with van der Waals surface area (Å²) in [7, 11) is 0. The summed E-state index contributed by atoms with van der Waals surface area (Å²) >= 11 is 0. The number of phenols is 2. The molecule has 0 unspecified atom stereocenters. The van der Waals surface area contributed by atoms with Gasteiger partial charge < -0.3 is 10.2 Å². The molecule has 0 atom stereocenters. The van der Waals surface area contributed by atoms with Crippen LogP contribution >= 0.6 is 0 Å². The Morgan fingerprint density at radius 1 is 0.629 bits per heavy atom. The van der Waals surface area contributed by atoms with Crippen molar-refractivity contribution in [2.75, 3.05) is 0 Å². The van der Waals surface area contributed by atoms with Crippen molar-refractivity contribution in [3.63, 3.8) is 0 Å². The smallest absolute Gasteiger partial charge is 0.161 e. The Morgan fingerprint density at radius 2 is 1.03 bits per heavy atom. The zero-order chi connectivity index (χ0) is 25.5. The van der Waals surface area contributed by atoms with Gasteiger partial charge in [0.2, 0.25) is 0 Å². The van der Waals surface area contributed by atoms with E-state index in [-0.39, 0.29) is 38.8 Å². The Balaban J connectivity index is 0.000000343. The fourth-order valence-electron chi connectivity index (χ4n) is 3.18. The van der Waals surface area contributed by atoms with E-state index in [4.69, 9.17) is 0 Å². The molecule has 4 nitrogen and oxygen atoms in total. The Hall–Kier alpha value is -2.91. The van der Waals surface area contributed by atoms with Crippen LogP contribution in [0.25, 0.3) is 0 Å². The van der Waals surface area contributed by atoms with Crippen LogP contribution in [0.15, 0.2) is 82.8 Å². The minimum absolute atomic E-state index is 0. The zero-order valence-electron chi connectivity index (χ0n) is 22.0. The molecule has 190 valence electrons. The normalized spacial score (nSPS) is 12.3. The van der Waals surface area contributed by atoms with E-state index in [1.54, 1.807) is 6.07 Å². The van der Waals surface area contributed by atoms with Crippen LogP contribution in [0.2, 0.25) is 0 Å². The number of rotatable bonds is 3. The molecule has 3 rings (SSSR count). The maximum absolute atomic E-state index is 9.87. The molecule has 0 aliphatic heterocycles. The first-order valence-corrected chi connectivity index (χ1v) is 11.6. The standard InChI is InChI=1S/C16H16N2.C14H22O2.Ni/c1-13(17-15-9-5-3-6-10-15)14(2)18-16-11-7-4-8-12-16;1-13(2,3)9-7-10(14(4,5)6)12(16)11(15)8-9;/h3-12H,1-2H3;7-8,15-16H,1-6H3;. The molecule has 35 heavy (non-hydrogen) atoms. The van der Waals surface area contributed by atoms with Crippen LogP contribution in [0.4, 0.5) is 11.4 Å². The van der Waals surface area contributed by atoms with Crippen LogP contribution in [0.5, 0.6) is 11.5 Å². The Kier molecular flexibility index (Phi) is 10.9. The van der Waals surface area contributed by atoms with Gasteiger partial charge in [-0.3, -0.25) is 9.98 Å². The first kappa shape index (κ1) is 30.1. The van der Waals surface area contributed by atoms with Gasteiger partial charge in [0.25, 0.3) is 0 Å². The average Bonchev–Trinajstić information content (AvgIpc) is 2.76. The van der Waals surface area contributed by atoms with Crippen molar-refractivity contribution in [2.45, 2.75) is 66.2 Å². The number of para-hydroxylation sites is 2. The first-order chi connectivity index (χ1) is 15.8. The molecule has 5 heteroatoms. The average molecular weight is 517 g/mol. The van der Waals surface area contributed by atoms with E-state index in [0.29, 0.717) is 0 Å². The Labute approximate surface area is 220 Å². The molecule has 0 aliphatic rings. The largest absolute Gasteiger partial charge is 0.504 e. The molecule has 0 aliphatic carbocycles. The molecular formula is C30H38N2NiO2.